The van der Waals surface area contributed by atoms with Crippen molar-refractivity contribution in [2.75, 3.05) is 13.1 Å². The Morgan fingerprint density at radius 3 is 2.32 bits per heavy atom. The number of nitrogens with one attached hydrogen (secondary N) is 2. The molecule has 0 radical (unpaired) electrons. The molecule has 2 rings (SSSR count). The van der Waals surface area contributed by atoms with Gasteiger partial charge < -0.3 is 10.6 Å². The number of carbonyl (C=O) groups is 2. The van der Waals surface area contributed by atoms with Gasteiger partial charge in [-0.15, -0.1) is 0 Å². The number of hydrogen-bond acceptors (Lipinski definition) is 3. The van der Waals surface area contributed by atoms with Gasteiger partial charge in [-0.05, 0) is 19.1 Å². The van der Waals surface area contributed by atoms with Crippen LogP contribution in [-0.2, 0) is 4.79 Å². The van der Waals surface area contributed by atoms with Crippen molar-refractivity contribution in [2.24, 2.45) is 0 Å². The van der Waals surface area contributed by atoms with Gasteiger partial charge in [0.2, 0.25) is 5.91 Å². The van der Waals surface area contributed by atoms with Gasteiger partial charge in [-0.25, -0.2) is 0 Å². The number of aromatic nitrogens is 1. The first-order valence-electron chi connectivity index (χ1n) is 7.13. The largest absolute Gasteiger partial charge is 0.355 e. The summed E-state index contributed by atoms with van der Waals surface area (Å²) in [7, 11) is 0. The van der Waals surface area contributed by atoms with Crippen molar-refractivity contribution >= 4 is 11.8 Å². The molecule has 0 aliphatic rings. The molecule has 0 aliphatic heterocycles. The average Bonchev–Trinajstić information content (AvgIpc) is 2.52. The van der Waals surface area contributed by atoms with Gasteiger partial charge in [-0.3, -0.25) is 14.6 Å². The molecular weight excluding hydrogens is 278 g/mol. The Labute approximate surface area is 129 Å². The van der Waals surface area contributed by atoms with Gasteiger partial charge >= 0.3 is 0 Å². The van der Waals surface area contributed by atoms with Crippen LogP contribution in [-0.4, -0.2) is 29.9 Å². The highest BCUT2D eigenvalue weighted by molar-refractivity contribution is 5.95. The molecule has 0 bridgehead atoms. The lowest BCUT2D eigenvalue weighted by molar-refractivity contribution is -0.118. The van der Waals surface area contributed by atoms with Gasteiger partial charge in [0.15, 0.2) is 0 Å². The number of hydrogen-bond donors (Lipinski definition) is 2. The van der Waals surface area contributed by atoms with Crippen LogP contribution in [0.2, 0.25) is 0 Å². The van der Waals surface area contributed by atoms with E-state index in [9.17, 15) is 9.59 Å². The summed E-state index contributed by atoms with van der Waals surface area (Å²) in [6.45, 7) is 4.06. The molecule has 0 spiro atoms. The standard InChI is InChI=1S/C17H19N3O2/c1-12-15(17(22)19-11-10-18-13(2)21)8-9-16(20-12)14-6-4-3-5-7-14/h3-9H,10-11H2,1-2H3,(H,18,21)(H,19,22). The minimum Gasteiger partial charge on any atom is -0.355 e. The summed E-state index contributed by atoms with van der Waals surface area (Å²) >= 11 is 0. The van der Waals surface area contributed by atoms with Crippen LogP contribution in [0.3, 0.4) is 0 Å². The van der Waals surface area contributed by atoms with Gasteiger partial charge in [0.1, 0.15) is 0 Å². The summed E-state index contributed by atoms with van der Waals surface area (Å²) in [6, 6.07) is 13.4. The van der Waals surface area contributed by atoms with E-state index in [0.717, 1.165) is 11.3 Å². The maximum Gasteiger partial charge on any atom is 0.253 e. The fourth-order valence-corrected chi connectivity index (χ4v) is 2.08. The van der Waals surface area contributed by atoms with Gasteiger partial charge in [0, 0.05) is 25.6 Å². The lowest BCUT2D eigenvalue weighted by Gasteiger charge is -2.09. The molecule has 5 nitrogen and oxygen atoms in total. The van der Waals surface area contributed by atoms with Gasteiger partial charge in [-0.2, -0.15) is 0 Å². The molecule has 0 unspecified atom stereocenters. The van der Waals surface area contributed by atoms with Gasteiger partial charge in [0.25, 0.3) is 5.91 Å². The van der Waals surface area contributed by atoms with E-state index in [-0.39, 0.29) is 11.8 Å². The number of pyridine rings is 1. The molecule has 0 fully saturated rings. The predicted molar refractivity (Wildman–Crippen MR) is 85.4 cm³/mol. The average molecular weight is 297 g/mol. The van der Waals surface area contributed by atoms with E-state index in [1.807, 2.05) is 43.3 Å². The summed E-state index contributed by atoms with van der Waals surface area (Å²) in [4.78, 5) is 27.3. The van der Waals surface area contributed by atoms with E-state index in [0.29, 0.717) is 24.3 Å². The number of amides is 2. The molecule has 1 aromatic heterocycles. The highest BCUT2D eigenvalue weighted by Gasteiger charge is 2.10. The number of benzene rings is 1. The Morgan fingerprint density at radius 1 is 1.00 bits per heavy atom. The molecule has 22 heavy (non-hydrogen) atoms. The predicted octanol–water partition coefficient (Wildman–Crippen LogP) is 1.92. The third-order valence-electron chi connectivity index (χ3n) is 3.18. The third kappa shape index (κ3) is 4.15. The van der Waals surface area contributed by atoms with Crippen molar-refractivity contribution in [3.63, 3.8) is 0 Å². The first-order valence-corrected chi connectivity index (χ1v) is 7.13. The van der Waals surface area contributed by atoms with E-state index in [1.54, 1.807) is 6.07 Å². The molecule has 0 saturated heterocycles. The Morgan fingerprint density at radius 2 is 1.68 bits per heavy atom. The monoisotopic (exact) mass is 297 g/mol. The number of aryl methyl sites for hydroxylation is 1. The van der Waals surface area contributed by atoms with E-state index in [4.69, 9.17) is 0 Å². The minimum absolute atomic E-state index is 0.112. The van der Waals surface area contributed by atoms with Gasteiger partial charge in [0.05, 0.1) is 17.0 Å². The molecule has 0 atom stereocenters. The molecular formula is C17H19N3O2. The maximum absolute atomic E-state index is 12.1. The molecule has 5 heteroatoms. The highest BCUT2D eigenvalue weighted by atomic mass is 16.2. The van der Waals surface area contributed by atoms with Crippen LogP contribution in [0.5, 0.6) is 0 Å². The second-order valence-corrected chi connectivity index (χ2v) is 4.93. The van der Waals surface area contributed by atoms with Crippen LogP contribution < -0.4 is 10.6 Å². The summed E-state index contributed by atoms with van der Waals surface area (Å²) in [5.74, 6) is -0.297. The Kier molecular flexibility index (Phi) is 5.25. The summed E-state index contributed by atoms with van der Waals surface area (Å²) in [5.41, 5.74) is 3.08. The Bertz CT molecular complexity index is 669. The molecule has 114 valence electrons. The molecule has 0 saturated carbocycles. The third-order valence-corrected chi connectivity index (χ3v) is 3.18. The molecule has 1 aromatic carbocycles. The summed E-state index contributed by atoms with van der Waals surface area (Å²) < 4.78 is 0. The second-order valence-electron chi connectivity index (χ2n) is 4.93. The molecule has 1 heterocycles. The van der Waals surface area contributed by atoms with Crippen molar-refractivity contribution in [3.05, 3.63) is 53.7 Å². The zero-order chi connectivity index (χ0) is 15.9. The number of nitrogens with zero attached hydrogens (tertiary/aromatic N) is 1. The summed E-state index contributed by atoms with van der Waals surface area (Å²) in [6.07, 6.45) is 0. The fraction of sp³-hybridized carbons (Fsp3) is 0.235. The van der Waals surface area contributed by atoms with Gasteiger partial charge in [-0.1, -0.05) is 30.3 Å². The topological polar surface area (TPSA) is 71.1 Å². The van der Waals surface area contributed by atoms with Crippen LogP contribution in [0.4, 0.5) is 0 Å². The smallest absolute Gasteiger partial charge is 0.253 e. The second kappa shape index (κ2) is 7.36. The molecule has 2 N–H and O–H groups in total. The summed E-state index contributed by atoms with van der Waals surface area (Å²) in [5, 5.41) is 5.39. The normalized spacial score (nSPS) is 10.1. The quantitative estimate of drug-likeness (QED) is 0.828. The van der Waals surface area contributed by atoms with Crippen LogP contribution in [0.15, 0.2) is 42.5 Å². The van der Waals surface area contributed by atoms with E-state index < -0.39 is 0 Å². The van der Waals surface area contributed by atoms with Crippen LogP contribution in [0, 0.1) is 6.92 Å². The van der Waals surface area contributed by atoms with Crippen molar-refractivity contribution < 1.29 is 9.59 Å². The van der Waals surface area contributed by atoms with Crippen molar-refractivity contribution in [3.8, 4) is 11.3 Å². The van der Waals surface area contributed by atoms with E-state index >= 15 is 0 Å². The Balaban J connectivity index is 2.03. The first-order chi connectivity index (χ1) is 10.6. The van der Waals surface area contributed by atoms with Crippen molar-refractivity contribution in [2.45, 2.75) is 13.8 Å². The lowest BCUT2D eigenvalue weighted by Crippen LogP contribution is -2.34. The van der Waals surface area contributed by atoms with Crippen LogP contribution >= 0.6 is 0 Å². The Hall–Kier alpha value is -2.69. The van der Waals surface area contributed by atoms with Crippen LogP contribution in [0.25, 0.3) is 11.3 Å². The molecule has 2 amide bonds. The van der Waals surface area contributed by atoms with Crippen molar-refractivity contribution in [1.82, 2.24) is 15.6 Å². The zero-order valence-electron chi connectivity index (χ0n) is 12.7. The minimum atomic E-state index is -0.185. The lowest BCUT2D eigenvalue weighted by atomic mass is 10.1. The van der Waals surface area contributed by atoms with Crippen molar-refractivity contribution in [1.29, 1.82) is 0 Å². The number of carbonyl (C=O) groups excluding carboxylic acids is 2. The first kappa shape index (κ1) is 15.7. The van der Waals surface area contributed by atoms with Crippen LogP contribution in [0.1, 0.15) is 23.0 Å². The highest BCUT2D eigenvalue weighted by Crippen LogP contribution is 2.18. The zero-order valence-corrected chi connectivity index (χ0v) is 12.7. The molecule has 2 aromatic rings. The maximum atomic E-state index is 12.1. The molecule has 0 aliphatic carbocycles. The van der Waals surface area contributed by atoms with E-state index in [1.165, 1.54) is 6.92 Å². The van der Waals surface area contributed by atoms with E-state index in [2.05, 4.69) is 15.6 Å². The fourth-order valence-electron chi connectivity index (χ4n) is 2.08. The SMILES string of the molecule is CC(=O)NCCNC(=O)c1ccc(-c2ccccc2)nc1C. The number of rotatable bonds is 5.